The van der Waals surface area contributed by atoms with Crippen LogP contribution < -0.4 is 10.2 Å². The van der Waals surface area contributed by atoms with Crippen LogP contribution in [0.25, 0.3) is 5.65 Å². The van der Waals surface area contributed by atoms with Gasteiger partial charge in [0.25, 0.3) is 0 Å². The first-order valence-corrected chi connectivity index (χ1v) is 12.4. The third kappa shape index (κ3) is 5.22. The summed E-state index contributed by atoms with van der Waals surface area (Å²) in [6, 6.07) is 8.80. The summed E-state index contributed by atoms with van der Waals surface area (Å²) in [4.78, 5) is 12.1. The van der Waals surface area contributed by atoms with Crippen LogP contribution in [0.1, 0.15) is 57.7 Å². The minimum absolute atomic E-state index is 0.292. The Balaban J connectivity index is 1.59. The molecule has 3 aromatic rings. The number of benzene rings is 1. The number of allylic oxidation sites excluding steroid dienone is 2. The van der Waals surface area contributed by atoms with E-state index in [9.17, 15) is 9.50 Å². The topological polar surface area (TPSA) is 78.0 Å². The van der Waals surface area contributed by atoms with Gasteiger partial charge in [-0.25, -0.2) is 14.4 Å². The van der Waals surface area contributed by atoms with Crippen molar-refractivity contribution >= 4 is 28.7 Å². The number of aryl methyl sites for hydroxylation is 1. The number of nitrogens with zero attached hydrogens (tertiary/aromatic N) is 5. The zero-order valence-electron chi connectivity index (χ0n) is 20.7. The molecule has 0 bridgehead atoms. The normalized spacial score (nSPS) is 18.0. The molecular weight excluding hydrogens is 443 g/mol. The molecule has 5 rings (SSSR count). The molecule has 2 aliphatic heterocycles. The van der Waals surface area contributed by atoms with Gasteiger partial charge >= 0.3 is 0 Å². The Morgan fingerprint density at radius 3 is 2.71 bits per heavy atom. The van der Waals surface area contributed by atoms with Gasteiger partial charge in [-0.15, -0.1) is 0 Å². The van der Waals surface area contributed by atoms with Crippen molar-refractivity contribution in [3.63, 3.8) is 0 Å². The van der Waals surface area contributed by atoms with Crippen LogP contribution in [-0.4, -0.2) is 50.7 Å². The van der Waals surface area contributed by atoms with Gasteiger partial charge in [0.05, 0.1) is 17.0 Å². The number of anilines is 2. The SMILES string of the molecule is C/C1=C/CCc2ccc(F)cc2N=C1c1cc2nc(N3CCCC3)cc(NCCC(C)(C)O)n2n1. The van der Waals surface area contributed by atoms with Crippen LogP contribution in [0.2, 0.25) is 0 Å². The quantitative estimate of drug-likeness (QED) is 0.520. The number of aliphatic imine (C=N–C) groups is 1. The van der Waals surface area contributed by atoms with E-state index in [1.54, 1.807) is 18.4 Å². The molecule has 0 aliphatic carbocycles. The molecule has 7 nitrogen and oxygen atoms in total. The fraction of sp³-hybridized carbons (Fsp3) is 0.444. The maximum Gasteiger partial charge on any atom is 0.160 e. The van der Waals surface area contributed by atoms with Crippen molar-refractivity contribution < 1.29 is 9.50 Å². The lowest BCUT2D eigenvalue weighted by atomic mass is 10.0. The lowest BCUT2D eigenvalue weighted by molar-refractivity contribution is 0.0748. The highest BCUT2D eigenvalue weighted by Crippen LogP contribution is 2.29. The average molecular weight is 477 g/mol. The van der Waals surface area contributed by atoms with Crippen molar-refractivity contribution in [3.05, 3.63) is 59.1 Å². The van der Waals surface area contributed by atoms with Crippen molar-refractivity contribution in [1.29, 1.82) is 0 Å². The second kappa shape index (κ2) is 9.41. The summed E-state index contributed by atoms with van der Waals surface area (Å²) in [7, 11) is 0. The van der Waals surface area contributed by atoms with Crippen LogP contribution >= 0.6 is 0 Å². The van der Waals surface area contributed by atoms with Gasteiger partial charge in [0, 0.05) is 31.8 Å². The fourth-order valence-corrected chi connectivity index (χ4v) is 4.67. The van der Waals surface area contributed by atoms with E-state index in [2.05, 4.69) is 16.3 Å². The average Bonchev–Trinajstić information content (AvgIpc) is 3.46. The number of nitrogens with one attached hydrogen (secondary N) is 1. The molecular formula is C27H33FN6O. The lowest BCUT2D eigenvalue weighted by Crippen LogP contribution is -2.24. The van der Waals surface area contributed by atoms with Gasteiger partial charge in [0.1, 0.15) is 23.1 Å². The molecule has 1 fully saturated rings. The van der Waals surface area contributed by atoms with Gasteiger partial charge in [-0.2, -0.15) is 9.61 Å². The number of aromatic nitrogens is 3. The van der Waals surface area contributed by atoms with Crippen molar-refractivity contribution in [3.8, 4) is 0 Å². The Kier molecular flexibility index (Phi) is 6.32. The van der Waals surface area contributed by atoms with Gasteiger partial charge in [0.2, 0.25) is 0 Å². The Morgan fingerprint density at radius 1 is 1.14 bits per heavy atom. The highest BCUT2D eigenvalue weighted by atomic mass is 19.1. The molecule has 2 aliphatic rings. The predicted molar refractivity (Wildman–Crippen MR) is 139 cm³/mol. The molecule has 2 N–H and O–H groups in total. The first-order chi connectivity index (χ1) is 16.8. The van der Waals surface area contributed by atoms with Crippen LogP contribution in [0.15, 0.2) is 47.0 Å². The number of rotatable bonds is 6. The maximum atomic E-state index is 14.0. The lowest BCUT2D eigenvalue weighted by Gasteiger charge is -2.20. The molecule has 184 valence electrons. The molecule has 1 saturated heterocycles. The first-order valence-electron chi connectivity index (χ1n) is 12.4. The predicted octanol–water partition coefficient (Wildman–Crippen LogP) is 5.05. The monoisotopic (exact) mass is 476 g/mol. The molecule has 2 aromatic heterocycles. The molecule has 35 heavy (non-hydrogen) atoms. The summed E-state index contributed by atoms with van der Waals surface area (Å²) in [6.45, 7) is 8.22. The number of hydrogen-bond donors (Lipinski definition) is 2. The standard InChI is InChI=1S/C27H33FN6O/c1-18-7-6-8-19-9-10-20(28)15-21(19)30-26(18)22-16-25-31-24(33-13-4-5-14-33)17-23(34(25)32-22)29-12-11-27(2,3)35/h7,9-10,15-17,29,35H,4-6,8,11-14H2,1-3H3/b18-7-,30-26?. The van der Waals surface area contributed by atoms with Crippen molar-refractivity contribution in [2.45, 2.75) is 58.5 Å². The molecule has 4 heterocycles. The minimum atomic E-state index is -0.760. The van der Waals surface area contributed by atoms with Gasteiger partial charge in [-0.3, -0.25) is 0 Å². The molecule has 0 saturated carbocycles. The molecule has 8 heteroatoms. The summed E-state index contributed by atoms with van der Waals surface area (Å²) in [5, 5.41) is 18.5. The molecule has 1 aromatic carbocycles. The van der Waals surface area contributed by atoms with Crippen molar-refractivity contribution in [2.24, 2.45) is 4.99 Å². The van der Waals surface area contributed by atoms with E-state index in [4.69, 9.17) is 15.1 Å². The maximum absolute atomic E-state index is 14.0. The van der Waals surface area contributed by atoms with Gasteiger partial charge in [-0.05, 0) is 76.1 Å². The van der Waals surface area contributed by atoms with E-state index in [0.717, 1.165) is 72.9 Å². The Labute approximate surface area is 205 Å². The van der Waals surface area contributed by atoms with Gasteiger partial charge < -0.3 is 15.3 Å². The number of aliphatic hydroxyl groups is 1. The highest BCUT2D eigenvalue weighted by Gasteiger charge is 2.21. The van der Waals surface area contributed by atoms with E-state index in [1.165, 1.54) is 12.1 Å². The van der Waals surface area contributed by atoms with Crippen molar-refractivity contribution in [2.75, 3.05) is 29.9 Å². The van der Waals surface area contributed by atoms with Crippen molar-refractivity contribution in [1.82, 2.24) is 14.6 Å². The Morgan fingerprint density at radius 2 is 1.94 bits per heavy atom. The third-order valence-corrected chi connectivity index (χ3v) is 6.65. The summed E-state index contributed by atoms with van der Waals surface area (Å²) in [5.74, 6) is 1.46. The Bertz CT molecular complexity index is 1300. The zero-order chi connectivity index (χ0) is 24.6. The van der Waals surface area contributed by atoms with E-state index in [0.29, 0.717) is 24.3 Å². The van der Waals surface area contributed by atoms with Crippen LogP contribution in [0.4, 0.5) is 21.7 Å². The summed E-state index contributed by atoms with van der Waals surface area (Å²) in [5.41, 5.74) is 4.09. The van der Waals surface area contributed by atoms with Gasteiger partial charge in [0.15, 0.2) is 5.65 Å². The zero-order valence-corrected chi connectivity index (χ0v) is 20.7. The van der Waals surface area contributed by atoms with Crippen LogP contribution in [0.5, 0.6) is 0 Å². The van der Waals surface area contributed by atoms with E-state index in [1.807, 2.05) is 25.1 Å². The largest absolute Gasteiger partial charge is 0.390 e. The van der Waals surface area contributed by atoms with Crippen LogP contribution in [0, 0.1) is 5.82 Å². The highest BCUT2D eigenvalue weighted by molar-refractivity contribution is 6.12. The molecule has 0 spiro atoms. The number of hydrogen-bond acceptors (Lipinski definition) is 6. The first kappa shape index (κ1) is 23.5. The minimum Gasteiger partial charge on any atom is -0.390 e. The third-order valence-electron chi connectivity index (χ3n) is 6.65. The summed E-state index contributed by atoms with van der Waals surface area (Å²) < 4.78 is 15.8. The summed E-state index contributed by atoms with van der Waals surface area (Å²) in [6.07, 6.45) is 6.77. The second-order valence-corrected chi connectivity index (χ2v) is 10.1. The number of fused-ring (bicyclic) bond motifs is 2. The van der Waals surface area contributed by atoms with E-state index < -0.39 is 5.60 Å². The van der Waals surface area contributed by atoms with Crippen LogP contribution in [-0.2, 0) is 6.42 Å². The van der Waals surface area contributed by atoms with Crippen LogP contribution in [0.3, 0.4) is 0 Å². The molecule has 0 atom stereocenters. The fourth-order valence-electron chi connectivity index (χ4n) is 4.67. The van der Waals surface area contributed by atoms with Gasteiger partial charge in [-0.1, -0.05) is 12.1 Å². The van der Waals surface area contributed by atoms with E-state index >= 15 is 0 Å². The molecule has 0 radical (unpaired) electrons. The Hall–Kier alpha value is -3.26. The molecule has 0 amide bonds. The second-order valence-electron chi connectivity index (χ2n) is 10.1. The molecule has 0 unspecified atom stereocenters. The smallest absolute Gasteiger partial charge is 0.160 e. The number of halogens is 1. The summed E-state index contributed by atoms with van der Waals surface area (Å²) >= 11 is 0. The van der Waals surface area contributed by atoms with E-state index in [-0.39, 0.29) is 5.82 Å².